The summed E-state index contributed by atoms with van der Waals surface area (Å²) in [6, 6.07) is 3.67. The summed E-state index contributed by atoms with van der Waals surface area (Å²) in [5.41, 5.74) is 2.76. The van der Waals surface area contributed by atoms with Gasteiger partial charge in [-0.2, -0.15) is 0 Å². The first-order valence-corrected chi connectivity index (χ1v) is 10.9. The number of hydrogen-bond acceptors (Lipinski definition) is 6. The molecule has 1 aliphatic carbocycles. The number of carbonyl (C=O) groups excluding carboxylic acids is 1. The molecule has 9 heteroatoms. The van der Waals surface area contributed by atoms with Gasteiger partial charge in [0.2, 0.25) is 5.91 Å². The van der Waals surface area contributed by atoms with Gasteiger partial charge in [0, 0.05) is 13.5 Å². The molecule has 31 heavy (non-hydrogen) atoms. The number of ether oxygens (including phenoxy) is 1. The summed E-state index contributed by atoms with van der Waals surface area (Å²) in [6.07, 6.45) is 5.13. The molecule has 1 amide bonds. The lowest BCUT2D eigenvalue weighted by molar-refractivity contribution is -0.143. The van der Waals surface area contributed by atoms with Crippen LogP contribution in [0.2, 0.25) is 0 Å². The number of nitrogens with one attached hydrogen (secondary N) is 1. The van der Waals surface area contributed by atoms with Crippen molar-refractivity contribution in [3.8, 4) is 17.1 Å². The Labute approximate surface area is 182 Å². The van der Waals surface area contributed by atoms with Crippen molar-refractivity contribution in [1.29, 1.82) is 0 Å². The number of unbranched alkanes of at least 4 members (excludes halogenated alkanes) is 1. The Morgan fingerprint density at radius 1 is 1.32 bits per heavy atom. The molecule has 168 valence electrons. The number of pyridine rings is 1. The van der Waals surface area contributed by atoms with Gasteiger partial charge in [-0.1, -0.05) is 18.6 Å². The fourth-order valence-corrected chi connectivity index (χ4v) is 3.84. The Hall–Kier alpha value is -2.97. The zero-order valence-electron chi connectivity index (χ0n) is 18.4. The van der Waals surface area contributed by atoms with Crippen LogP contribution in [0.1, 0.15) is 63.3 Å². The van der Waals surface area contributed by atoms with Gasteiger partial charge in [0.05, 0.1) is 35.6 Å². The highest BCUT2D eigenvalue weighted by atomic mass is 16.5. The van der Waals surface area contributed by atoms with Crippen LogP contribution in [0, 0.1) is 12.8 Å². The zero-order valence-corrected chi connectivity index (χ0v) is 18.4. The highest BCUT2D eigenvalue weighted by Gasteiger charge is 2.28. The number of carboxylic acid groups (broad SMARTS) is 1. The van der Waals surface area contributed by atoms with Crippen molar-refractivity contribution in [2.24, 2.45) is 13.0 Å². The lowest BCUT2D eigenvalue weighted by Crippen LogP contribution is -2.29. The molecule has 1 saturated carbocycles. The minimum Gasteiger partial charge on any atom is -0.489 e. The molecule has 2 aromatic heterocycles. The molecule has 0 bridgehead atoms. The summed E-state index contributed by atoms with van der Waals surface area (Å²) in [5, 5.41) is 20.5. The summed E-state index contributed by atoms with van der Waals surface area (Å²) < 4.78 is 7.73. The standard InChI is InChI=1S/C22H31N5O4/c1-4-5-9-20(28)23-13-18-21(25-26-27(18)3)17-10-11-19(14(2)24-17)31-16-8-6-7-15(12-16)22(29)30/h10-11,15-16H,4-9,12-13H2,1-3H3,(H,23,28)(H,29,30)/t15-,16-/m0/s1. The molecule has 9 nitrogen and oxygen atoms in total. The molecule has 3 rings (SSSR count). The maximum Gasteiger partial charge on any atom is 0.306 e. The van der Waals surface area contributed by atoms with Crippen molar-refractivity contribution in [1.82, 2.24) is 25.3 Å². The van der Waals surface area contributed by atoms with Gasteiger partial charge in [0.15, 0.2) is 0 Å². The number of aryl methyl sites for hydroxylation is 2. The number of hydrogen-bond donors (Lipinski definition) is 2. The van der Waals surface area contributed by atoms with Crippen molar-refractivity contribution in [2.75, 3.05) is 0 Å². The topological polar surface area (TPSA) is 119 Å². The van der Waals surface area contributed by atoms with Crippen LogP contribution < -0.4 is 10.1 Å². The van der Waals surface area contributed by atoms with Gasteiger partial charge < -0.3 is 15.2 Å². The Kier molecular flexibility index (Phi) is 7.59. The van der Waals surface area contributed by atoms with E-state index in [0.29, 0.717) is 48.6 Å². The lowest BCUT2D eigenvalue weighted by atomic mass is 9.87. The second-order valence-electron chi connectivity index (χ2n) is 8.11. The van der Waals surface area contributed by atoms with Gasteiger partial charge in [-0.25, -0.2) is 9.67 Å². The third-order valence-corrected chi connectivity index (χ3v) is 5.70. The predicted octanol–water partition coefficient (Wildman–Crippen LogP) is 3.01. The van der Waals surface area contributed by atoms with Crippen LogP contribution in [-0.4, -0.2) is 43.1 Å². The fourth-order valence-electron chi connectivity index (χ4n) is 3.84. The number of aliphatic carboxylic acids is 1. The molecule has 0 saturated heterocycles. The maximum atomic E-state index is 12.0. The first-order chi connectivity index (χ1) is 14.9. The summed E-state index contributed by atoms with van der Waals surface area (Å²) in [6.45, 7) is 4.24. The molecule has 0 radical (unpaired) electrons. The molecule has 2 atom stereocenters. The van der Waals surface area contributed by atoms with E-state index in [1.54, 1.807) is 11.7 Å². The molecule has 1 aliphatic rings. The van der Waals surface area contributed by atoms with Gasteiger partial charge >= 0.3 is 5.97 Å². The monoisotopic (exact) mass is 429 g/mol. The smallest absolute Gasteiger partial charge is 0.306 e. The van der Waals surface area contributed by atoms with E-state index in [9.17, 15) is 14.7 Å². The molecule has 2 N–H and O–H groups in total. The maximum absolute atomic E-state index is 12.0. The van der Waals surface area contributed by atoms with Crippen LogP contribution >= 0.6 is 0 Å². The second kappa shape index (κ2) is 10.4. The average Bonchev–Trinajstić information content (AvgIpc) is 3.12. The highest BCUT2D eigenvalue weighted by Crippen LogP contribution is 2.30. The Balaban J connectivity index is 1.70. The number of nitrogens with zero attached hydrogens (tertiary/aromatic N) is 4. The third-order valence-electron chi connectivity index (χ3n) is 5.70. The van der Waals surface area contributed by atoms with E-state index in [4.69, 9.17) is 4.74 Å². The molecule has 0 unspecified atom stereocenters. The molecule has 0 aromatic carbocycles. The van der Waals surface area contributed by atoms with Crippen LogP contribution in [0.4, 0.5) is 0 Å². The number of carboxylic acids is 1. The van der Waals surface area contributed by atoms with E-state index in [1.807, 2.05) is 19.1 Å². The Morgan fingerprint density at radius 2 is 2.13 bits per heavy atom. The first-order valence-electron chi connectivity index (χ1n) is 10.9. The Bertz CT molecular complexity index is 927. The predicted molar refractivity (Wildman–Crippen MR) is 114 cm³/mol. The van der Waals surface area contributed by atoms with Crippen molar-refractivity contribution >= 4 is 11.9 Å². The highest BCUT2D eigenvalue weighted by molar-refractivity contribution is 5.76. The third kappa shape index (κ3) is 5.80. The van der Waals surface area contributed by atoms with E-state index < -0.39 is 5.97 Å². The summed E-state index contributed by atoms with van der Waals surface area (Å²) in [4.78, 5) is 27.9. The minimum atomic E-state index is -0.754. The average molecular weight is 430 g/mol. The van der Waals surface area contributed by atoms with Crippen LogP contribution in [0.25, 0.3) is 11.4 Å². The van der Waals surface area contributed by atoms with Crippen molar-refractivity contribution in [2.45, 2.75) is 71.4 Å². The van der Waals surface area contributed by atoms with Gasteiger partial charge in [-0.3, -0.25) is 9.59 Å². The quantitative estimate of drug-likeness (QED) is 0.629. The normalized spacial score (nSPS) is 18.5. The summed E-state index contributed by atoms with van der Waals surface area (Å²) >= 11 is 0. The molecule has 0 spiro atoms. The van der Waals surface area contributed by atoms with Gasteiger partial charge in [-0.05, 0) is 51.2 Å². The number of carbonyl (C=O) groups is 2. The molecular weight excluding hydrogens is 398 g/mol. The molecule has 1 fully saturated rings. The van der Waals surface area contributed by atoms with Crippen LogP contribution in [0.3, 0.4) is 0 Å². The second-order valence-corrected chi connectivity index (χ2v) is 8.11. The van der Waals surface area contributed by atoms with Crippen molar-refractivity contribution in [3.05, 3.63) is 23.5 Å². The molecule has 0 aliphatic heterocycles. The van der Waals surface area contributed by atoms with E-state index in [2.05, 4.69) is 27.5 Å². The number of amides is 1. The van der Waals surface area contributed by atoms with Gasteiger partial charge in [-0.15, -0.1) is 5.10 Å². The fraction of sp³-hybridized carbons (Fsp3) is 0.591. The van der Waals surface area contributed by atoms with E-state index in [0.717, 1.165) is 31.4 Å². The van der Waals surface area contributed by atoms with Crippen LogP contribution in [0.15, 0.2) is 12.1 Å². The first kappa shape index (κ1) is 22.7. The molecule has 2 aromatic rings. The lowest BCUT2D eigenvalue weighted by Gasteiger charge is -2.27. The summed E-state index contributed by atoms with van der Waals surface area (Å²) in [5.74, 6) is -0.441. The van der Waals surface area contributed by atoms with Crippen LogP contribution in [0.5, 0.6) is 5.75 Å². The zero-order chi connectivity index (χ0) is 22.4. The van der Waals surface area contributed by atoms with Gasteiger partial charge in [0.1, 0.15) is 11.4 Å². The van der Waals surface area contributed by atoms with Crippen molar-refractivity contribution < 1.29 is 19.4 Å². The van der Waals surface area contributed by atoms with E-state index >= 15 is 0 Å². The van der Waals surface area contributed by atoms with E-state index in [1.165, 1.54) is 0 Å². The van der Waals surface area contributed by atoms with Crippen LogP contribution in [-0.2, 0) is 23.2 Å². The van der Waals surface area contributed by atoms with E-state index in [-0.39, 0.29) is 17.9 Å². The largest absolute Gasteiger partial charge is 0.489 e. The van der Waals surface area contributed by atoms with Gasteiger partial charge in [0.25, 0.3) is 0 Å². The molecular formula is C22H31N5O4. The SMILES string of the molecule is CCCCC(=O)NCc1c(-c2ccc(O[C@H]3CCC[C@H](C(=O)O)C3)c(C)n2)nnn1C. The number of rotatable bonds is 9. The van der Waals surface area contributed by atoms with Crippen molar-refractivity contribution in [3.63, 3.8) is 0 Å². The Morgan fingerprint density at radius 3 is 2.84 bits per heavy atom. The summed E-state index contributed by atoms with van der Waals surface area (Å²) in [7, 11) is 1.79. The number of aromatic nitrogens is 4. The molecule has 2 heterocycles. The minimum absolute atomic E-state index is 0.00837.